The van der Waals surface area contributed by atoms with Gasteiger partial charge in [-0.05, 0) is 49.7 Å². The summed E-state index contributed by atoms with van der Waals surface area (Å²) < 4.78 is 0. The maximum Gasteiger partial charge on any atom is 0.327 e. The van der Waals surface area contributed by atoms with Crippen LogP contribution in [0.4, 0.5) is 21.9 Å². The molecule has 2 unspecified atom stereocenters. The van der Waals surface area contributed by atoms with Crippen molar-refractivity contribution in [2.45, 2.75) is 35.2 Å². The van der Waals surface area contributed by atoms with Gasteiger partial charge in [0.25, 0.3) is 0 Å². The minimum atomic E-state index is -0.432. The fraction of sp³-hybridized carbons (Fsp3) is 0.350. The van der Waals surface area contributed by atoms with Crippen molar-refractivity contribution in [2.75, 3.05) is 23.7 Å². The van der Waals surface area contributed by atoms with E-state index in [1.807, 2.05) is 18.2 Å². The molecule has 5 rings (SSSR count). The minimum Gasteiger partial charge on any atom is -0.399 e. The summed E-state index contributed by atoms with van der Waals surface area (Å²) in [5, 5.41) is 9.83. The molecule has 4 heterocycles. The molecule has 1 aromatic heterocycles. The average molecular weight is 411 g/mol. The highest BCUT2D eigenvalue weighted by atomic mass is 32.2. The summed E-state index contributed by atoms with van der Waals surface area (Å²) in [5.74, 6) is -0.0566. The van der Waals surface area contributed by atoms with Crippen molar-refractivity contribution in [1.82, 2.24) is 20.9 Å². The second-order valence-electron chi connectivity index (χ2n) is 7.49. The lowest BCUT2D eigenvalue weighted by Gasteiger charge is -2.34. The predicted molar refractivity (Wildman–Crippen MR) is 112 cm³/mol. The summed E-state index contributed by atoms with van der Waals surface area (Å²) in [5.41, 5.74) is 8.80. The molecule has 0 aliphatic carbocycles. The van der Waals surface area contributed by atoms with Gasteiger partial charge in [-0.25, -0.2) is 9.78 Å². The third kappa shape index (κ3) is 3.20. The smallest absolute Gasteiger partial charge is 0.327 e. The molecule has 1 fully saturated rings. The number of anilines is 3. The van der Waals surface area contributed by atoms with Gasteiger partial charge in [0.05, 0.1) is 17.4 Å². The van der Waals surface area contributed by atoms with Crippen molar-refractivity contribution in [3.05, 3.63) is 42.1 Å². The Labute approximate surface area is 172 Å². The first kappa shape index (κ1) is 18.3. The number of nitrogens with zero attached hydrogens (tertiary/aromatic N) is 2. The first-order valence-electron chi connectivity index (χ1n) is 9.74. The summed E-state index contributed by atoms with van der Waals surface area (Å²) >= 11 is 1.42. The Morgan fingerprint density at radius 3 is 2.86 bits per heavy atom. The SMILES string of the molecule is Nc1ccc(N2C(=O)NC3c4c2ccnc4S[C@H]3C(=O)NC2CCCNC2)cc1. The highest BCUT2D eigenvalue weighted by Gasteiger charge is 2.46. The fourth-order valence-corrected chi connectivity index (χ4v) is 5.40. The molecular weight excluding hydrogens is 388 g/mol. The lowest BCUT2D eigenvalue weighted by molar-refractivity contribution is -0.121. The number of carbonyl (C=O) groups is 2. The van der Waals surface area contributed by atoms with Crippen LogP contribution >= 0.6 is 11.8 Å². The largest absolute Gasteiger partial charge is 0.399 e. The molecule has 0 saturated carbocycles. The van der Waals surface area contributed by atoms with Gasteiger partial charge in [-0.1, -0.05) is 11.8 Å². The molecule has 3 aliphatic rings. The monoisotopic (exact) mass is 410 g/mol. The molecule has 0 bridgehead atoms. The average Bonchev–Trinajstić information content (AvgIpc) is 3.10. The van der Waals surface area contributed by atoms with Gasteiger partial charge in [-0.15, -0.1) is 0 Å². The number of hydrogen-bond acceptors (Lipinski definition) is 6. The number of thioether (sulfide) groups is 1. The lowest BCUT2D eigenvalue weighted by atomic mass is 9.99. The van der Waals surface area contributed by atoms with E-state index >= 15 is 0 Å². The third-order valence-electron chi connectivity index (χ3n) is 5.56. The van der Waals surface area contributed by atoms with Gasteiger partial charge >= 0.3 is 6.03 Å². The molecule has 9 heteroatoms. The lowest BCUT2D eigenvalue weighted by Crippen LogP contribution is -2.52. The van der Waals surface area contributed by atoms with Crippen LogP contribution in [0.1, 0.15) is 24.4 Å². The Hall–Kier alpha value is -2.78. The van der Waals surface area contributed by atoms with E-state index in [4.69, 9.17) is 5.73 Å². The Bertz CT molecular complexity index is 960. The standard InChI is InChI=1S/C20H22N6O2S/c21-11-3-5-13(6-4-11)26-14-7-9-23-19-15(14)16(25-20(26)28)17(29-19)18(27)24-12-2-1-8-22-10-12/h3-7,9,12,16-17,22H,1-2,8,10,21H2,(H,24,27)(H,25,28)/t12?,16?,17-/m1/s1. The second-order valence-corrected chi connectivity index (χ2v) is 8.62. The van der Waals surface area contributed by atoms with Crippen molar-refractivity contribution < 1.29 is 9.59 Å². The number of rotatable bonds is 3. The Morgan fingerprint density at radius 2 is 2.10 bits per heavy atom. The molecule has 1 aromatic carbocycles. The number of pyridine rings is 1. The molecule has 29 heavy (non-hydrogen) atoms. The quantitative estimate of drug-likeness (QED) is 0.575. The van der Waals surface area contributed by atoms with Gasteiger partial charge in [-0.2, -0.15) is 0 Å². The number of nitrogens with one attached hydrogen (secondary N) is 3. The molecule has 3 aliphatic heterocycles. The Kier molecular flexibility index (Phi) is 4.56. The van der Waals surface area contributed by atoms with Crippen molar-refractivity contribution in [3.63, 3.8) is 0 Å². The summed E-state index contributed by atoms with van der Waals surface area (Å²) in [6, 6.07) is 8.44. The summed E-state index contributed by atoms with van der Waals surface area (Å²) in [4.78, 5) is 32.1. The van der Waals surface area contributed by atoms with E-state index in [9.17, 15) is 9.59 Å². The third-order valence-corrected chi connectivity index (χ3v) is 6.85. The predicted octanol–water partition coefficient (Wildman–Crippen LogP) is 1.91. The summed E-state index contributed by atoms with van der Waals surface area (Å²) in [7, 11) is 0. The van der Waals surface area contributed by atoms with Crippen LogP contribution in [0, 0.1) is 0 Å². The number of amides is 3. The van der Waals surface area contributed by atoms with Crippen LogP contribution in [0.2, 0.25) is 0 Å². The van der Waals surface area contributed by atoms with E-state index < -0.39 is 11.3 Å². The Morgan fingerprint density at radius 1 is 1.28 bits per heavy atom. The number of hydrogen-bond donors (Lipinski definition) is 4. The zero-order valence-electron chi connectivity index (χ0n) is 15.7. The minimum absolute atomic E-state index is 0.0566. The number of benzene rings is 1. The first-order chi connectivity index (χ1) is 14.1. The molecule has 0 spiro atoms. The molecule has 2 aromatic rings. The highest BCUT2D eigenvalue weighted by molar-refractivity contribution is 8.01. The van der Waals surface area contributed by atoms with Crippen LogP contribution in [0.3, 0.4) is 0 Å². The highest BCUT2D eigenvalue weighted by Crippen LogP contribution is 2.50. The van der Waals surface area contributed by atoms with E-state index in [-0.39, 0.29) is 18.0 Å². The van der Waals surface area contributed by atoms with E-state index in [0.29, 0.717) is 5.69 Å². The zero-order chi connectivity index (χ0) is 20.0. The van der Waals surface area contributed by atoms with Crippen molar-refractivity contribution >= 4 is 40.8 Å². The summed E-state index contributed by atoms with van der Waals surface area (Å²) in [6.45, 7) is 1.77. The van der Waals surface area contributed by atoms with Crippen LogP contribution in [-0.2, 0) is 4.79 Å². The first-order valence-corrected chi connectivity index (χ1v) is 10.6. The number of aromatic nitrogens is 1. The number of carbonyl (C=O) groups excluding carboxylic acids is 2. The molecule has 5 N–H and O–H groups in total. The van der Waals surface area contributed by atoms with Crippen LogP contribution in [0.15, 0.2) is 41.6 Å². The van der Waals surface area contributed by atoms with E-state index in [1.165, 1.54) is 11.8 Å². The van der Waals surface area contributed by atoms with Crippen LogP contribution in [0.5, 0.6) is 0 Å². The normalized spacial score (nSPS) is 25.3. The summed E-state index contributed by atoms with van der Waals surface area (Å²) in [6.07, 6.45) is 3.70. The maximum absolute atomic E-state index is 13.0. The molecule has 3 atom stereocenters. The molecular formula is C20H22N6O2S. The number of urea groups is 1. The van der Waals surface area contributed by atoms with E-state index in [1.54, 1.807) is 23.2 Å². The van der Waals surface area contributed by atoms with Gasteiger partial charge in [0, 0.05) is 30.0 Å². The van der Waals surface area contributed by atoms with Gasteiger partial charge in [0.1, 0.15) is 10.3 Å². The molecule has 8 nitrogen and oxygen atoms in total. The van der Waals surface area contributed by atoms with Crippen LogP contribution in [0.25, 0.3) is 0 Å². The van der Waals surface area contributed by atoms with Crippen molar-refractivity contribution in [3.8, 4) is 0 Å². The van der Waals surface area contributed by atoms with E-state index in [0.717, 1.165) is 47.9 Å². The zero-order valence-corrected chi connectivity index (χ0v) is 16.5. The molecule has 150 valence electrons. The molecule has 3 amide bonds. The fourth-order valence-electron chi connectivity index (χ4n) is 4.16. The number of nitrogen functional groups attached to an aromatic ring is 1. The van der Waals surface area contributed by atoms with Crippen LogP contribution in [-0.4, -0.2) is 41.3 Å². The van der Waals surface area contributed by atoms with Crippen LogP contribution < -0.4 is 26.6 Å². The number of nitrogens with two attached hydrogens (primary N) is 1. The van der Waals surface area contributed by atoms with E-state index in [2.05, 4.69) is 20.9 Å². The molecule has 1 saturated heterocycles. The molecule has 0 radical (unpaired) electrons. The van der Waals surface area contributed by atoms with Gasteiger partial charge in [-0.3, -0.25) is 9.69 Å². The van der Waals surface area contributed by atoms with Crippen molar-refractivity contribution in [1.29, 1.82) is 0 Å². The Balaban J connectivity index is 1.45. The van der Waals surface area contributed by atoms with Crippen molar-refractivity contribution in [2.24, 2.45) is 0 Å². The van der Waals surface area contributed by atoms with Gasteiger partial charge < -0.3 is 21.7 Å². The topological polar surface area (TPSA) is 112 Å². The maximum atomic E-state index is 13.0. The second kappa shape index (κ2) is 7.23. The van der Waals surface area contributed by atoms with Gasteiger partial charge in [0.2, 0.25) is 5.91 Å². The number of piperidine rings is 1. The van der Waals surface area contributed by atoms with Gasteiger partial charge in [0.15, 0.2) is 0 Å².